The molecular formula is C28H44O2. The van der Waals surface area contributed by atoms with Crippen LogP contribution in [0.4, 0.5) is 0 Å². The molecule has 0 spiro atoms. The summed E-state index contributed by atoms with van der Waals surface area (Å²) in [5.41, 5.74) is 2.84. The Balaban J connectivity index is 1.85. The van der Waals surface area contributed by atoms with Crippen molar-refractivity contribution in [1.29, 1.82) is 0 Å². The van der Waals surface area contributed by atoms with Crippen LogP contribution in [0.2, 0.25) is 0 Å². The minimum Gasteiger partial charge on any atom is -0.393 e. The first-order valence-corrected chi connectivity index (χ1v) is 11.4. The van der Waals surface area contributed by atoms with Crippen LogP contribution >= 0.6 is 0 Å². The topological polar surface area (TPSA) is 40.5 Å². The molecule has 168 valence electrons. The molecule has 0 heterocycles. The molecule has 3 rings (SSSR count). The predicted octanol–water partition coefficient (Wildman–Crippen LogP) is 6.61. The van der Waals surface area contributed by atoms with E-state index in [9.17, 15) is 10.2 Å². The van der Waals surface area contributed by atoms with Crippen molar-refractivity contribution in [2.24, 2.45) is 35.0 Å². The Morgan fingerprint density at radius 3 is 2.70 bits per heavy atom. The normalized spacial score (nSPS) is 45.5. The highest BCUT2D eigenvalue weighted by molar-refractivity contribution is 5.38. The molecule has 0 bridgehead atoms. The fraction of sp³-hybridized carbons (Fsp3) is 0.714. The Bertz CT molecular complexity index is 974. The summed E-state index contributed by atoms with van der Waals surface area (Å²) in [4.78, 5) is 0. The van der Waals surface area contributed by atoms with Gasteiger partial charge in [0.05, 0.1) is 12.2 Å². The number of fused-ring (bicyclic) bond motifs is 1. The SMILES string of the molecule is [2H]C([2H])([2H])C([C@H](/C=C/[C@@H](C)[C@H]1CC[C@H]2/C(=C/C=C3/C[C@@H](O)C[C@H](O)C3=C)CCC[C@]12C)C([2H])([2H])[2H])C([2H])([2H])[2H]. The number of aliphatic hydroxyl groups excluding tert-OH is 2. The second kappa shape index (κ2) is 9.57. The zero-order chi connectivity index (χ0) is 29.6. The highest BCUT2D eigenvalue weighted by Gasteiger charge is 2.50. The smallest absolute Gasteiger partial charge is 0.0811 e. The number of allylic oxidation sites excluding steroid dienone is 5. The van der Waals surface area contributed by atoms with Gasteiger partial charge in [-0.05, 0) is 84.7 Å². The van der Waals surface area contributed by atoms with Crippen molar-refractivity contribution in [2.45, 2.75) is 91.6 Å². The molecule has 0 saturated heterocycles. The summed E-state index contributed by atoms with van der Waals surface area (Å²) in [7, 11) is 0. The van der Waals surface area contributed by atoms with Crippen LogP contribution in [0.5, 0.6) is 0 Å². The van der Waals surface area contributed by atoms with E-state index >= 15 is 0 Å². The Labute approximate surface area is 197 Å². The maximum Gasteiger partial charge on any atom is 0.0811 e. The summed E-state index contributed by atoms with van der Waals surface area (Å²) in [6.45, 7) is -0.328. The van der Waals surface area contributed by atoms with E-state index in [1.165, 1.54) is 11.6 Å². The summed E-state index contributed by atoms with van der Waals surface area (Å²) >= 11 is 0. The molecule has 0 aromatic rings. The molecule has 0 radical (unpaired) electrons. The van der Waals surface area contributed by atoms with Gasteiger partial charge in [-0.3, -0.25) is 0 Å². The third kappa shape index (κ3) is 4.86. The summed E-state index contributed by atoms with van der Waals surface area (Å²) < 4.78 is 70.5. The largest absolute Gasteiger partial charge is 0.393 e. The van der Waals surface area contributed by atoms with E-state index in [4.69, 9.17) is 12.3 Å². The van der Waals surface area contributed by atoms with Crippen LogP contribution in [-0.4, -0.2) is 22.4 Å². The number of rotatable bonds is 5. The van der Waals surface area contributed by atoms with Crippen molar-refractivity contribution in [3.8, 4) is 0 Å². The van der Waals surface area contributed by atoms with Gasteiger partial charge in [-0.25, -0.2) is 0 Å². The molecule has 30 heavy (non-hydrogen) atoms. The molecule has 2 heteroatoms. The lowest BCUT2D eigenvalue weighted by Crippen LogP contribution is -2.35. The molecule has 2 N–H and O–H groups in total. The van der Waals surface area contributed by atoms with Gasteiger partial charge in [-0.2, -0.15) is 0 Å². The molecule has 3 aliphatic rings. The van der Waals surface area contributed by atoms with Crippen molar-refractivity contribution in [3.63, 3.8) is 0 Å². The fourth-order valence-electron chi connectivity index (χ4n) is 6.15. The Morgan fingerprint density at radius 2 is 1.97 bits per heavy atom. The first-order chi connectivity index (χ1) is 17.8. The summed E-state index contributed by atoms with van der Waals surface area (Å²) in [6.07, 6.45) is 11.6. The van der Waals surface area contributed by atoms with Gasteiger partial charge in [0.15, 0.2) is 0 Å². The van der Waals surface area contributed by atoms with Crippen LogP contribution in [-0.2, 0) is 0 Å². The van der Waals surface area contributed by atoms with Crippen LogP contribution < -0.4 is 0 Å². The van der Waals surface area contributed by atoms with E-state index in [-0.39, 0.29) is 17.3 Å². The lowest BCUT2D eigenvalue weighted by atomic mass is 9.61. The number of hydrogen-bond acceptors (Lipinski definition) is 2. The van der Waals surface area contributed by atoms with Gasteiger partial charge >= 0.3 is 0 Å². The third-order valence-electron chi connectivity index (χ3n) is 7.92. The molecule has 0 aromatic carbocycles. The van der Waals surface area contributed by atoms with E-state index < -0.39 is 44.6 Å². The van der Waals surface area contributed by atoms with Gasteiger partial charge in [-0.15, -0.1) is 0 Å². The lowest BCUT2D eigenvalue weighted by molar-refractivity contribution is 0.0862. The van der Waals surface area contributed by atoms with E-state index in [1.54, 1.807) is 6.08 Å². The first kappa shape index (κ1) is 14.1. The van der Waals surface area contributed by atoms with Gasteiger partial charge in [0.2, 0.25) is 0 Å². The first-order valence-electron chi connectivity index (χ1n) is 15.9. The summed E-state index contributed by atoms with van der Waals surface area (Å²) in [5.74, 6) is -3.06. The van der Waals surface area contributed by atoms with Crippen LogP contribution in [0.15, 0.2) is 47.6 Å². The highest BCUT2D eigenvalue weighted by atomic mass is 16.3. The van der Waals surface area contributed by atoms with Crippen LogP contribution in [0.25, 0.3) is 0 Å². The average Bonchev–Trinajstić information content (AvgIpc) is 3.12. The standard InChI is InChI=1S/C28H44O2/c1-18(2)19(3)9-10-20(4)25-13-14-26-22(8-7-15-28(25,26)6)11-12-23-16-24(29)17-27(30)21(23)5/h9-12,18-20,24-27,29-30H,5,7-8,13-17H2,1-4,6H3/b10-9+,22-11+,23-12-/t19-,20+,24+,25+,26-,27-,28+/m0/s1/i1D3,2D3,3D3. The minimum atomic E-state index is -2.93. The van der Waals surface area contributed by atoms with Crippen molar-refractivity contribution in [2.75, 3.05) is 0 Å². The van der Waals surface area contributed by atoms with Crippen molar-refractivity contribution < 1.29 is 22.5 Å². The zero-order valence-corrected chi connectivity index (χ0v) is 18.4. The van der Waals surface area contributed by atoms with Crippen molar-refractivity contribution >= 4 is 0 Å². The van der Waals surface area contributed by atoms with Crippen LogP contribution in [0.3, 0.4) is 0 Å². The minimum absolute atomic E-state index is 0.0299. The van der Waals surface area contributed by atoms with E-state index in [2.05, 4.69) is 19.6 Å². The van der Waals surface area contributed by atoms with Crippen molar-refractivity contribution in [3.05, 3.63) is 47.6 Å². The fourth-order valence-corrected chi connectivity index (χ4v) is 6.15. The lowest BCUT2D eigenvalue weighted by Gasteiger charge is -2.44. The van der Waals surface area contributed by atoms with E-state index in [0.29, 0.717) is 24.3 Å². The zero-order valence-electron chi connectivity index (χ0n) is 27.4. The summed E-state index contributed by atoms with van der Waals surface area (Å²) in [5, 5.41) is 20.3. The van der Waals surface area contributed by atoms with Gasteiger partial charge in [0, 0.05) is 18.8 Å². The molecule has 0 aliphatic heterocycles. The monoisotopic (exact) mass is 421 g/mol. The van der Waals surface area contributed by atoms with Crippen LogP contribution in [0, 0.1) is 35.0 Å². The Kier molecular flexibility index (Phi) is 4.50. The average molecular weight is 422 g/mol. The van der Waals surface area contributed by atoms with E-state index in [0.717, 1.165) is 37.7 Å². The van der Waals surface area contributed by atoms with E-state index in [1.807, 2.05) is 13.0 Å². The molecule has 7 atom stereocenters. The summed E-state index contributed by atoms with van der Waals surface area (Å²) in [6, 6.07) is 0. The molecule has 2 nitrogen and oxygen atoms in total. The molecule has 0 amide bonds. The molecule has 0 aromatic heterocycles. The van der Waals surface area contributed by atoms with Crippen molar-refractivity contribution in [1.82, 2.24) is 0 Å². The van der Waals surface area contributed by atoms with Gasteiger partial charge in [0.1, 0.15) is 0 Å². The van der Waals surface area contributed by atoms with Gasteiger partial charge in [0.25, 0.3) is 0 Å². The molecular weight excluding hydrogens is 368 g/mol. The molecule has 3 fully saturated rings. The maximum atomic E-state index is 10.2. The van der Waals surface area contributed by atoms with Gasteiger partial charge in [-0.1, -0.05) is 70.9 Å². The maximum absolute atomic E-state index is 10.2. The second-order valence-corrected chi connectivity index (χ2v) is 9.91. The van der Waals surface area contributed by atoms with Crippen LogP contribution in [0.1, 0.15) is 91.7 Å². The number of aliphatic hydroxyl groups is 2. The molecule has 0 unspecified atom stereocenters. The Hall–Kier alpha value is -1.12. The predicted molar refractivity (Wildman–Crippen MR) is 127 cm³/mol. The number of hydrogen-bond donors (Lipinski definition) is 2. The third-order valence-corrected chi connectivity index (χ3v) is 7.92. The highest BCUT2D eigenvalue weighted by Crippen LogP contribution is 2.59. The molecule has 3 aliphatic carbocycles. The Morgan fingerprint density at radius 1 is 1.17 bits per heavy atom. The molecule has 3 saturated carbocycles. The second-order valence-electron chi connectivity index (χ2n) is 9.91. The quantitative estimate of drug-likeness (QED) is 0.490. The van der Waals surface area contributed by atoms with Gasteiger partial charge < -0.3 is 10.2 Å².